The zero-order valence-electron chi connectivity index (χ0n) is 26.0. The first-order chi connectivity index (χ1) is 19.2. The van der Waals surface area contributed by atoms with Crippen LogP contribution >= 0.6 is 11.3 Å². The van der Waals surface area contributed by atoms with E-state index in [2.05, 4.69) is 110 Å². The normalized spacial score (nSPS) is 12.0. The molecule has 0 aliphatic rings. The molecule has 0 amide bonds. The second-order valence-corrected chi connectivity index (χ2v) is 13.5. The maximum atomic E-state index is 10.0. The Morgan fingerprint density at radius 3 is 2.17 bits per heavy atom. The smallest absolute Gasteiger partial charge is 0.155 e. The van der Waals surface area contributed by atoms with Gasteiger partial charge in [0, 0.05) is 42.6 Å². The second kappa shape index (κ2) is 13.0. The Balaban J connectivity index is 0.000000541. The predicted octanol–water partition coefficient (Wildman–Crippen LogP) is 9.82. The average Bonchev–Trinajstić information content (AvgIpc) is 3.24. The van der Waals surface area contributed by atoms with E-state index < -0.39 is 0 Å². The molecule has 3 nitrogen and oxygen atoms in total. The predicted molar refractivity (Wildman–Crippen MR) is 177 cm³/mol. The van der Waals surface area contributed by atoms with Crippen LogP contribution in [0.3, 0.4) is 0 Å². The fraction of sp³-hybridized carbons (Fsp3) is 0.297. The van der Waals surface area contributed by atoms with Gasteiger partial charge in [0.1, 0.15) is 0 Å². The molecule has 5 heteroatoms. The van der Waals surface area contributed by atoms with Gasteiger partial charge < -0.3 is 9.67 Å². The number of carbonyl (C=O) groups is 1. The van der Waals surface area contributed by atoms with Crippen molar-refractivity contribution < 1.29 is 34.6 Å². The summed E-state index contributed by atoms with van der Waals surface area (Å²) in [4.78, 5) is 10.0. The number of aliphatic hydroxyl groups excluding tert-OH is 1. The molecular formula is C37H42IrNO2S-. The number of thiophene rings is 1. The Morgan fingerprint density at radius 1 is 1.00 bits per heavy atom. The van der Waals surface area contributed by atoms with Crippen molar-refractivity contribution in [2.75, 3.05) is 0 Å². The molecule has 0 fully saturated rings. The Morgan fingerprint density at radius 2 is 1.62 bits per heavy atom. The van der Waals surface area contributed by atoms with Crippen molar-refractivity contribution in [3.8, 4) is 11.3 Å². The van der Waals surface area contributed by atoms with Gasteiger partial charge in [-0.2, -0.15) is 12.5 Å². The first-order valence-corrected chi connectivity index (χ1v) is 15.0. The van der Waals surface area contributed by atoms with Crippen LogP contribution in [-0.4, -0.2) is 10.9 Å². The number of aromatic nitrogens is 1. The molecule has 2 heterocycles. The summed E-state index contributed by atoms with van der Waals surface area (Å²) < 4.78 is 4.72. The Kier molecular flexibility index (Phi) is 10.4. The molecule has 0 aliphatic heterocycles. The molecule has 0 spiro atoms. The van der Waals surface area contributed by atoms with E-state index in [4.69, 9.17) is 5.11 Å². The summed E-state index contributed by atoms with van der Waals surface area (Å²) in [7, 11) is 4.41. The number of allylic oxidation sites excluding steroid dienone is 2. The Bertz CT molecular complexity index is 1800. The molecule has 5 rings (SSSR count). The van der Waals surface area contributed by atoms with Crippen LogP contribution in [0.2, 0.25) is 0 Å². The van der Waals surface area contributed by atoms with Crippen molar-refractivity contribution in [3.05, 3.63) is 103 Å². The summed E-state index contributed by atoms with van der Waals surface area (Å²) in [6, 6.07) is 17.9. The van der Waals surface area contributed by atoms with Crippen LogP contribution in [0.5, 0.6) is 0 Å². The number of aliphatic hydroxyl groups is 1. The van der Waals surface area contributed by atoms with E-state index in [1.54, 1.807) is 0 Å². The fourth-order valence-corrected chi connectivity index (χ4v) is 6.95. The van der Waals surface area contributed by atoms with Crippen molar-refractivity contribution in [1.29, 1.82) is 0 Å². The van der Waals surface area contributed by atoms with Gasteiger partial charge in [-0.1, -0.05) is 75.9 Å². The largest absolute Gasteiger partial charge is 0.512 e. The number of hydrogen-bond acceptors (Lipinski definition) is 3. The molecule has 5 aromatic rings. The minimum Gasteiger partial charge on any atom is -0.512 e. The molecule has 223 valence electrons. The van der Waals surface area contributed by atoms with Gasteiger partial charge in [-0.25, -0.2) is 0 Å². The maximum absolute atomic E-state index is 10.0. The third-order valence-electron chi connectivity index (χ3n) is 7.44. The van der Waals surface area contributed by atoms with Gasteiger partial charge in [0.15, 0.2) is 5.78 Å². The van der Waals surface area contributed by atoms with Gasteiger partial charge in [0.2, 0.25) is 0 Å². The zero-order valence-corrected chi connectivity index (χ0v) is 29.2. The van der Waals surface area contributed by atoms with E-state index in [0.717, 1.165) is 17.7 Å². The Hall–Kier alpha value is -3.11. The minimum atomic E-state index is -0.125. The number of carbonyl (C=O) groups excluding carboxylic acids is 1. The molecular weight excluding hydrogens is 715 g/mol. The molecule has 0 bridgehead atoms. The molecule has 1 radical (unpaired) electrons. The number of hydrogen-bond donors (Lipinski definition) is 1. The van der Waals surface area contributed by atoms with Crippen LogP contribution < -0.4 is 4.57 Å². The molecule has 0 saturated carbocycles. The van der Waals surface area contributed by atoms with E-state index >= 15 is 0 Å². The van der Waals surface area contributed by atoms with E-state index in [1.807, 2.05) is 15.9 Å². The average molecular weight is 757 g/mol. The van der Waals surface area contributed by atoms with Crippen molar-refractivity contribution in [2.24, 2.45) is 5.92 Å². The fourth-order valence-electron chi connectivity index (χ4n) is 5.57. The maximum Gasteiger partial charge on any atom is 0.155 e. The molecule has 0 unspecified atom stereocenters. The summed E-state index contributed by atoms with van der Waals surface area (Å²) in [5.41, 5.74) is 7.64. The molecule has 0 saturated heterocycles. The van der Waals surface area contributed by atoms with Crippen LogP contribution in [0, 0.1) is 26.8 Å². The molecule has 42 heavy (non-hydrogen) atoms. The van der Waals surface area contributed by atoms with E-state index in [0.29, 0.717) is 5.92 Å². The number of nitrogens with zero attached hydrogens (tertiary/aromatic N) is 1. The minimum absolute atomic E-state index is 0. The zero-order chi connectivity index (χ0) is 30.2. The van der Waals surface area contributed by atoms with Crippen LogP contribution in [-0.2, 0) is 36.7 Å². The van der Waals surface area contributed by atoms with Gasteiger partial charge >= 0.3 is 0 Å². The summed E-state index contributed by atoms with van der Waals surface area (Å²) in [6.45, 7) is 21.2. The Labute approximate surface area is 268 Å². The number of ketones is 1. The topological polar surface area (TPSA) is 41.2 Å². The summed E-state index contributed by atoms with van der Waals surface area (Å²) in [6.07, 6.45) is 4.38. The molecule has 0 aliphatic carbocycles. The summed E-state index contributed by atoms with van der Waals surface area (Å²) in [5.74, 6) is 0.581. The molecule has 3 aromatic carbocycles. The number of rotatable bonds is 4. The van der Waals surface area contributed by atoms with Crippen LogP contribution in [0.25, 0.3) is 42.2 Å². The first-order valence-electron chi connectivity index (χ1n) is 14.2. The third-order valence-corrected chi connectivity index (χ3v) is 8.79. The van der Waals surface area contributed by atoms with Gasteiger partial charge in [-0.05, 0) is 66.5 Å². The van der Waals surface area contributed by atoms with Gasteiger partial charge in [-0.3, -0.25) is 4.79 Å². The van der Waals surface area contributed by atoms with Crippen molar-refractivity contribution in [3.63, 3.8) is 0 Å². The quantitative estimate of drug-likeness (QED) is 0.0859. The second-order valence-electron chi connectivity index (χ2n) is 12.4. The van der Waals surface area contributed by atoms with Crippen LogP contribution in [0.4, 0.5) is 0 Å². The van der Waals surface area contributed by atoms with E-state index in [9.17, 15) is 4.79 Å². The van der Waals surface area contributed by atoms with E-state index in [-0.39, 0.29) is 37.1 Å². The number of aryl methyl sites for hydroxylation is 1. The standard InChI is InChI=1S/C32H34NS.C5H8O2.Ir/c1-19(2)17-22-13-14-25-26-15-16-33(8)29(31(26)34-30(25)20(22)3)27-18-28(32(5,6)7)24-12-10-9-11-23(24)21(27)4;1-4(6)3-5(2)7;/h9-16,18-19H,4,8,17H2,1-3,5-7H3;3,6H,1-2H3;/q-1;;/b;4-3-;. The first kappa shape index (κ1) is 33.4. The van der Waals surface area contributed by atoms with Crippen molar-refractivity contribution >= 4 is 48.1 Å². The third kappa shape index (κ3) is 6.75. The van der Waals surface area contributed by atoms with Crippen molar-refractivity contribution in [2.45, 2.75) is 67.2 Å². The van der Waals surface area contributed by atoms with Gasteiger partial charge in [0.25, 0.3) is 0 Å². The van der Waals surface area contributed by atoms with Gasteiger partial charge in [0.05, 0.1) is 17.6 Å². The number of pyridine rings is 1. The molecule has 1 N–H and O–H groups in total. The van der Waals surface area contributed by atoms with Crippen LogP contribution in [0.15, 0.2) is 66.6 Å². The summed E-state index contributed by atoms with van der Waals surface area (Å²) >= 11 is 1.90. The SMILES string of the molecule is CC(=O)/C=C(/C)O.[CH2-]c1c(-c2c3sc4c(C)c(CC(C)C)ccc4c3cc[n+]2[CH2-])cc(C(C)(C)C)c2ccccc12.[Ir]. The summed E-state index contributed by atoms with van der Waals surface area (Å²) in [5, 5.41) is 13.5. The number of benzene rings is 3. The molecule has 0 atom stereocenters. The van der Waals surface area contributed by atoms with Gasteiger partial charge in [-0.15, -0.1) is 34.4 Å². The van der Waals surface area contributed by atoms with E-state index in [1.165, 1.54) is 73.1 Å². The van der Waals surface area contributed by atoms with Crippen LogP contribution in [0.1, 0.15) is 70.7 Å². The molecule has 2 aromatic heterocycles. The van der Waals surface area contributed by atoms with Crippen molar-refractivity contribution in [1.82, 2.24) is 0 Å². The number of fused-ring (bicyclic) bond motifs is 4. The monoisotopic (exact) mass is 757 g/mol.